The van der Waals surface area contributed by atoms with Crippen molar-refractivity contribution in [2.75, 3.05) is 7.05 Å². The number of fused-ring (bicyclic) bond motifs is 1. The number of allylic oxidation sites excluding steroid dienone is 2. The lowest BCUT2D eigenvalue weighted by Gasteiger charge is -2.13. The largest absolute Gasteiger partial charge is 0.389 e. The van der Waals surface area contributed by atoms with Crippen molar-refractivity contribution in [3.63, 3.8) is 0 Å². The number of aliphatic hydroxyl groups is 1. The van der Waals surface area contributed by atoms with Crippen LogP contribution in [0.4, 0.5) is 0 Å². The van der Waals surface area contributed by atoms with Crippen molar-refractivity contribution < 1.29 is 14.7 Å². The van der Waals surface area contributed by atoms with E-state index in [4.69, 9.17) is 0 Å². The highest BCUT2D eigenvalue weighted by molar-refractivity contribution is 6.23. The minimum atomic E-state index is -0.554. The third kappa shape index (κ3) is 7.17. The maximum atomic E-state index is 12.2. The number of hydrogen-bond acceptors (Lipinski definition) is 6. The fourth-order valence-corrected chi connectivity index (χ4v) is 3.49. The van der Waals surface area contributed by atoms with Crippen LogP contribution in [0.25, 0.3) is 6.08 Å². The number of unbranched alkanes of at least 4 members (excludes halogenated alkanes) is 5. The Hall–Kier alpha value is -2.34. The van der Waals surface area contributed by atoms with E-state index < -0.39 is 6.10 Å². The van der Waals surface area contributed by atoms with Gasteiger partial charge in [0.05, 0.1) is 23.1 Å². The van der Waals surface area contributed by atoms with Crippen LogP contribution < -0.4 is 5.32 Å². The molecule has 1 unspecified atom stereocenters. The number of carbonyl (C=O) groups is 2. The smallest absolute Gasteiger partial charge is 0.229 e. The quantitative estimate of drug-likeness (QED) is 0.463. The Morgan fingerprint density at radius 3 is 2.40 bits per heavy atom. The third-order valence-corrected chi connectivity index (χ3v) is 5.72. The molecule has 1 aromatic rings. The second-order valence-corrected chi connectivity index (χ2v) is 8.17. The van der Waals surface area contributed by atoms with Gasteiger partial charge in [-0.25, -0.2) is 0 Å². The first-order valence-corrected chi connectivity index (χ1v) is 11.2. The second-order valence-electron chi connectivity index (χ2n) is 8.17. The summed E-state index contributed by atoms with van der Waals surface area (Å²) in [7, 11) is 1.59. The van der Waals surface area contributed by atoms with Crippen LogP contribution in [0.1, 0.15) is 98.2 Å². The lowest BCUT2D eigenvalue weighted by atomic mass is 9.97. The Morgan fingerprint density at radius 1 is 1.07 bits per heavy atom. The zero-order chi connectivity index (χ0) is 21.9. The summed E-state index contributed by atoms with van der Waals surface area (Å²) in [5.74, 6) is 0.228. The lowest BCUT2D eigenvalue weighted by molar-refractivity contribution is 0.0974. The van der Waals surface area contributed by atoms with E-state index in [2.05, 4.69) is 29.4 Å². The molecule has 2 N–H and O–H groups in total. The van der Waals surface area contributed by atoms with Crippen LogP contribution >= 0.6 is 0 Å². The number of Topliss-reactive ketones (excluding diaryl/α,β-unsaturated/α-hetero) is 1. The summed E-state index contributed by atoms with van der Waals surface area (Å²) in [5, 5.41) is 20.8. The lowest BCUT2D eigenvalue weighted by Crippen LogP contribution is -2.26. The van der Waals surface area contributed by atoms with Crippen molar-refractivity contribution in [2.24, 2.45) is 5.92 Å². The number of nitrogens with zero attached hydrogens (tertiary/aromatic N) is 2. The van der Waals surface area contributed by atoms with Gasteiger partial charge in [-0.3, -0.25) is 9.59 Å². The zero-order valence-corrected chi connectivity index (χ0v) is 18.5. The minimum Gasteiger partial charge on any atom is -0.389 e. The number of likely N-dealkylation sites (N-methyl/N-ethyl adjacent to an activating group) is 1. The summed E-state index contributed by atoms with van der Waals surface area (Å²) >= 11 is 0. The summed E-state index contributed by atoms with van der Waals surface area (Å²) < 4.78 is 0. The SMILES string of the molecule is CCC(C)CCCCCCCC[C@@H](O)/C=C/c1cc2c(nn1)C(=O)C(NC)=CC2=O. The molecular formula is C24H35N3O3. The number of aliphatic hydroxyl groups excluding tert-OH is 1. The number of ketones is 2. The molecule has 1 aromatic heterocycles. The van der Waals surface area contributed by atoms with E-state index in [1.54, 1.807) is 25.3 Å². The van der Waals surface area contributed by atoms with Gasteiger partial charge in [-0.05, 0) is 24.5 Å². The van der Waals surface area contributed by atoms with E-state index in [-0.39, 0.29) is 28.5 Å². The topological polar surface area (TPSA) is 92.2 Å². The van der Waals surface area contributed by atoms with Crippen LogP contribution in [0, 0.1) is 5.92 Å². The Balaban J connectivity index is 1.72. The highest BCUT2D eigenvalue weighted by Gasteiger charge is 2.27. The maximum Gasteiger partial charge on any atom is 0.229 e. The molecule has 0 aliphatic heterocycles. The summed E-state index contributed by atoms with van der Waals surface area (Å²) in [6.07, 6.45) is 14.6. The number of nitrogens with one attached hydrogen (secondary N) is 1. The van der Waals surface area contributed by atoms with Crippen molar-refractivity contribution >= 4 is 17.6 Å². The van der Waals surface area contributed by atoms with Gasteiger partial charge in [0.2, 0.25) is 5.78 Å². The fraction of sp³-hybridized carbons (Fsp3) is 0.583. The number of hydrogen-bond donors (Lipinski definition) is 2. The van der Waals surface area contributed by atoms with Crippen molar-refractivity contribution in [3.05, 3.63) is 40.9 Å². The Labute approximate surface area is 179 Å². The highest BCUT2D eigenvalue weighted by Crippen LogP contribution is 2.19. The Kier molecular flexibility index (Phi) is 9.87. The fourth-order valence-electron chi connectivity index (χ4n) is 3.49. The van der Waals surface area contributed by atoms with Gasteiger partial charge in [0, 0.05) is 13.1 Å². The van der Waals surface area contributed by atoms with E-state index >= 15 is 0 Å². The van der Waals surface area contributed by atoms with E-state index in [0.29, 0.717) is 12.1 Å². The van der Waals surface area contributed by atoms with Crippen LogP contribution in [-0.2, 0) is 0 Å². The molecule has 0 amide bonds. The summed E-state index contributed by atoms with van der Waals surface area (Å²) in [4.78, 5) is 24.4. The van der Waals surface area contributed by atoms with Gasteiger partial charge < -0.3 is 10.4 Å². The highest BCUT2D eigenvalue weighted by atomic mass is 16.3. The molecule has 0 fully saturated rings. The maximum absolute atomic E-state index is 12.2. The van der Waals surface area contributed by atoms with E-state index in [1.165, 1.54) is 44.6 Å². The van der Waals surface area contributed by atoms with E-state index in [0.717, 1.165) is 18.8 Å². The molecule has 2 atom stereocenters. The average Bonchev–Trinajstić information content (AvgIpc) is 2.76. The van der Waals surface area contributed by atoms with Gasteiger partial charge in [-0.1, -0.05) is 71.3 Å². The molecule has 0 bridgehead atoms. The second kappa shape index (κ2) is 12.4. The van der Waals surface area contributed by atoms with Crippen molar-refractivity contribution in [1.82, 2.24) is 15.5 Å². The first kappa shape index (κ1) is 23.9. The zero-order valence-electron chi connectivity index (χ0n) is 18.5. The minimum absolute atomic E-state index is 0.0636. The van der Waals surface area contributed by atoms with Gasteiger partial charge in [0.1, 0.15) is 5.69 Å². The molecule has 30 heavy (non-hydrogen) atoms. The van der Waals surface area contributed by atoms with E-state index in [9.17, 15) is 14.7 Å². The summed E-state index contributed by atoms with van der Waals surface area (Å²) in [5.41, 5.74) is 0.984. The molecule has 0 radical (unpaired) electrons. The van der Waals surface area contributed by atoms with Crippen LogP contribution in [0.15, 0.2) is 23.9 Å². The molecule has 0 spiro atoms. The molecule has 0 aromatic carbocycles. The molecule has 1 heterocycles. The van der Waals surface area contributed by atoms with Crippen LogP contribution in [0.3, 0.4) is 0 Å². The molecule has 0 saturated carbocycles. The molecule has 1 aliphatic rings. The van der Waals surface area contributed by atoms with Crippen molar-refractivity contribution in [1.29, 1.82) is 0 Å². The van der Waals surface area contributed by atoms with Gasteiger partial charge in [-0.2, -0.15) is 5.10 Å². The predicted molar refractivity (Wildman–Crippen MR) is 119 cm³/mol. The average molecular weight is 414 g/mol. The molecule has 6 nitrogen and oxygen atoms in total. The Morgan fingerprint density at radius 2 is 1.73 bits per heavy atom. The molecular weight excluding hydrogens is 378 g/mol. The van der Waals surface area contributed by atoms with Crippen LogP contribution in [0.2, 0.25) is 0 Å². The van der Waals surface area contributed by atoms with Gasteiger partial charge >= 0.3 is 0 Å². The number of rotatable bonds is 13. The molecule has 1 aliphatic carbocycles. The number of aromatic nitrogens is 2. The molecule has 0 saturated heterocycles. The van der Waals surface area contributed by atoms with Crippen molar-refractivity contribution in [2.45, 2.75) is 77.7 Å². The van der Waals surface area contributed by atoms with Crippen molar-refractivity contribution in [3.8, 4) is 0 Å². The molecule has 6 heteroatoms. The normalized spacial score (nSPS) is 15.8. The predicted octanol–water partition coefficient (Wildman–Crippen LogP) is 4.50. The van der Waals surface area contributed by atoms with Gasteiger partial charge in [0.15, 0.2) is 5.78 Å². The van der Waals surface area contributed by atoms with Crippen LogP contribution in [-0.4, -0.2) is 40.0 Å². The molecule has 164 valence electrons. The van der Waals surface area contributed by atoms with Crippen LogP contribution in [0.5, 0.6) is 0 Å². The van der Waals surface area contributed by atoms with Gasteiger partial charge in [-0.15, -0.1) is 5.10 Å². The first-order chi connectivity index (χ1) is 14.5. The summed E-state index contributed by atoms with van der Waals surface area (Å²) in [6.45, 7) is 4.57. The molecule has 2 rings (SSSR count). The standard InChI is InChI=1S/C24H35N3O3/c1-4-17(2)11-9-7-5-6-8-10-12-19(28)14-13-18-15-20-22(29)16-21(25-3)24(30)23(20)27-26-18/h13-17,19,25,28H,4-12H2,1-3H3/b14-13+/t17?,19-/m1/s1. The third-order valence-electron chi connectivity index (χ3n) is 5.72. The first-order valence-electron chi connectivity index (χ1n) is 11.2. The summed E-state index contributed by atoms with van der Waals surface area (Å²) in [6, 6.07) is 1.55. The Bertz CT molecular complexity index is 786. The van der Waals surface area contributed by atoms with E-state index in [1.807, 2.05) is 0 Å². The monoisotopic (exact) mass is 413 g/mol. The van der Waals surface area contributed by atoms with Gasteiger partial charge in [0.25, 0.3) is 0 Å². The number of carbonyl (C=O) groups excluding carboxylic acids is 2.